The first-order chi connectivity index (χ1) is 20.7. The van der Waals surface area contributed by atoms with Gasteiger partial charge in [0.2, 0.25) is 5.91 Å². The Bertz CT molecular complexity index is 1610. The van der Waals surface area contributed by atoms with Crippen LogP contribution in [0.25, 0.3) is 0 Å². The van der Waals surface area contributed by atoms with E-state index < -0.39 is 23.9 Å². The monoisotopic (exact) mass is 581 g/mol. The van der Waals surface area contributed by atoms with Gasteiger partial charge in [0, 0.05) is 17.4 Å². The Hall–Kier alpha value is -5.71. The second-order valence-electron chi connectivity index (χ2n) is 9.62. The molecular formula is C32H31N5O6. The number of methoxy groups -OCH3 is 1. The Balaban J connectivity index is 1.36. The topological polar surface area (TPSA) is 159 Å². The van der Waals surface area contributed by atoms with E-state index in [4.69, 9.17) is 4.74 Å². The molecule has 0 aliphatic heterocycles. The fraction of sp³-hybridized carbons (Fsp3) is 0.156. The van der Waals surface area contributed by atoms with Crippen LogP contribution in [0.3, 0.4) is 0 Å². The molecule has 5 N–H and O–H groups in total. The quantitative estimate of drug-likeness (QED) is 0.163. The van der Waals surface area contributed by atoms with Crippen molar-refractivity contribution in [3.8, 4) is 5.75 Å². The fourth-order valence-electron chi connectivity index (χ4n) is 4.25. The van der Waals surface area contributed by atoms with Crippen molar-refractivity contribution < 1.29 is 29.0 Å². The summed E-state index contributed by atoms with van der Waals surface area (Å²) in [5.74, 6) is -1.20. The zero-order chi connectivity index (χ0) is 30.8. The van der Waals surface area contributed by atoms with E-state index >= 15 is 0 Å². The van der Waals surface area contributed by atoms with Crippen molar-refractivity contribution in [2.24, 2.45) is 0 Å². The van der Waals surface area contributed by atoms with Gasteiger partial charge in [-0.1, -0.05) is 48.5 Å². The minimum atomic E-state index is -1.08. The molecule has 0 radical (unpaired) electrons. The summed E-state index contributed by atoms with van der Waals surface area (Å²) in [5.41, 5.74) is 3.56. The largest absolute Gasteiger partial charge is 0.495 e. The number of carboxylic acid groups (broad SMARTS) is 1. The molecular weight excluding hydrogens is 550 g/mol. The van der Waals surface area contributed by atoms with Gasteiger partial charge in [0.25, 0.3) is 5.91 Å². The molecule has 43 heavy (non-hydrogen) atoms. The lowest BCUT2D eigenvalue weighted by molar-refractivity contribution is -0.137. The van der Waals surface area contributed by atoms with Crippen molar-refractivity contribution in [1.82, 2.24) is 10.3 Å². The maximum absolute atomic E-state index is 12.7. The molecule has 4 aromatic rings. The van der Waals surface area contributed by atoms with Crippen LogP contribution >= 0.6 is 0 Å². The van der Waals surface area contributed by atoms with Crippen molar-refractivity contribution in [2.45, 2.75) is 25.8 Å². The van der Waals surface area contributed by atoms with Gasteiger partial charge in [0.05, 0.1) is 31.7 Å². The molecule has 3 aromatic carbocycles. The van der Waals surface area contributed by atoms with Crippen LogP contribution in [0.1, 0.15) is 39.5 Å². The third kappa shape index (κ3) is 8.64. The van der Waals surface area contributed by atoms with Crippen LogP contribution in [-0.4, -0.2) is 41.0 Å². The molecule has 0 fully saturated rings. The Morgan fingerprint density at radius 1 is 0.860 bits per heavy atom. The van der Waals surface area contributed by atoms with Crippen molar-refractivity contribution in [3.63, 3.8) is 0 Å². The maximum atomic E-state index is 12.7. The number of aromatic nitrogens is 1. The lowest BCUT2D eigenvalue weighted by Crippen LogP contribution is -2.30. The van der Waals surface area contributed by atoms with Gasteiger partial charge in [-0.2, -0.15) is 0 Å². The number of carbonyl (C=O) groups excluding carboxylic acids is 3. The molecule has 4 rings (SSSR count). The number of benzene rings is 3. The number of hydrogen-bond acceptors (Lipinski definition) is 6. The molecule has 4 amide bonds. The smallest absolute Gasteiger partial charge is 0.323 e. The van der Waals surface area contributed by atoms with Crippen molar-refractivity contribution in [3.05, 3.63) is 113 Å². The van der Waals surface area contributed by atoms with Gasteiger partial charge in [-0.25, -0.2) is 9.78 Å². The molecule has 220 valence electrons. The van der Waals surface area contributed by atoms with E-state index in [0.29, 0.717) is 33.8 Å². The predicted molar refractivity (Wildman–Crippen MR) is 162 cm³/mol. The lowest BCUT2D eigenvalue weighted by Gasteiger charge is -2.17. The standard InChI is InChI=1S/C32H31N5O6/c1-20-8-6-7-11-24(20)35-32(42)36-25-14-12-21(16-27(25)43-2)17-29(38)37-28-15-13-23(19-33-28)26(18-30(39)40)34-31(41)22-9-4-3-5-10-22/h3-16,19,26H,17-18H2,1-2H3,(H,34,41)(H,39,40)(H,33,37,38)(H2,35,36,42). The van der Waals surface area contributed by atoms with E-state index in [1.165, 1.54) is 19.4 Å². The van der Waals surface area contributed by atoms with Gasteiger partial charge >= 0.3 is 12.0 Å². The molecule has 11 heteroatoms. The SMILES string of the molecule is COc1cc(CC(=O)Nc2ccc(C(CC(=O)O)NC(=O)c3ccccc3)cn2)ccc1NC(=O)Nc1ccccc1C. The molecule has 0 aliphatic rings. The molecule has 0 saturated heterocycles. The number of aryl methyl sites for hydroxylation is 1. The number of para-hydroxylation sites is 1. The minimum absolute atomic E-state index is 0.00422. The second-order valence-corrected chi connectivity index (χ2v) is 9.62. The number of nitrogens with one attached hydrogen (secondary N) is 4. The van der Waals surface area contributed by atoms with Gasteiger partial charge in [0.15, 0.2) is 0 Å². The van der Waals surface area contributed by atoms with Crippen molar-refractivity contribution >= 4 is 41.0 Å². The van der Waals surface area contributed by atoms with Gasteiger partial charge in [-0.15, -0.1) is 0 Å². The number of rotatable bonds is 11. The number of urea groups is 1. The number of amides is 4. The normalized spacial score (nSPS) is 11.1. The van der Waals surface area contributed by atoms with Crippen molar-refractivity contribution in [2.75, 3.05) is 23.1 Å². The molecule has 0 spiro atoms. The second kappa shape index (κ2) is 14.3. The highest BCUT2D eigenvalue weighted by Crippen LogP contribution is 2.27. The van der Waals surface area contributed by atoms with Crippen molar-refractivity contribution in [1.29, 1.82) is 0 Å². The number of aliphatic carboxylic acids is 1. The molecule has 1 aromatic heterocycles. The minimum Gasteiger partial charge on any atom is -0.495 e. The number of hydrogen-bond donors (Lipinski definition) is 5. The number of ether oxygens (including phenoxy) is 1. The van der Waals surface area contributed by atoms with Gasteiger partial charge < -0.3 is 31.1 Å². The number of nitrogens with zero attached hydrogens (tertiary/aromatic N) is 1. The summed E-state index contributed by atoms with van der Waals surface area (Å²) in [5, 5.41) is 20.3. The van der Waals surface area contributed by atoms with E-state index in [1.54, 1.807) is 60.7 Å². The van der Waals surface area contributed by atoms with Crippen LogP contribution in [0.2, 0.25) is 0 Å². The van der Waals surface area contributed by atoms with Crippen LogP contribution in [0.5, 0.6) is 5.75 Å². The molecule has 1 atom stereocenters. The third-order valence-corrected chi connectivity index (χ3v) is 6.45. The van der Waals surface area contributed by atoms with E-state index in [0.717, 1.165) is 5.56 Å². The van der Waals surface area contributed by atoms with E-state index in [-0.39, 0.29) is 24.6 Å². The fourth-order valence-corrected chi connectivity index (χ4v) is 4.25. The average molecular weight is 582 g/mol. The van der Waals surface area contributed by atoms with Gasteiger partial charge in [-0.05, 0) is 60.0 Å². The molecule has 11 nitrogen and oxygen atoms in total. The van der Waals surface area contributed by atoms with Crippen LogP contribution in [-0.2, 0) is 16.0 Å². The van der Waals surface area contributed by atoms with E-state index in [2.05, 4.69) is 26.3 Å². The summed E-state index contributed by atoms with van der Waals surface area (Å²) in [7, 11) is 1.47. The third-order valence-electron chi connectivity index (χ3n) is 6.45. The zero-order valence-corrected chi connectivity index (χ0v) is 23.6. The molecule has 1 heterocycles. The highest BCUT2D eigenvalue weighted by atomic mass is 16.5. The Kier molecular flexibility index (Phi) is 10.0. The molecule has 0 aliphatic carbocycles. The molecule has 0 bridgehead atoms. The van der Waals surface area contributed by atoms with Gasteiger partial charge in [-0.3, -0.25) is 14.4 Å². The number of carboxylic acids is 1. The Morgan fingerprint density at radius 2 is 1.58 bits per heavy atom. The Morgan fingerprint density at radius 3 is 2.26 bits per heavy atom. The summed E-state index contributed by atoms with van der Waals surface area (Å²) in [4.78, 5) is 53.5. The first-order valence-corrected chi connectivity index (χ1v) is 13.4. The van der Waals surface area contributed by atoms with Crippen LogP contribution in [0, 0.1) is 6.92 Å². The summed E-state index contributed by atoms with van der Waals surface area (Å²) in [6.07, 6.45) is 1.08. The molecule has 0 saturated carbocycles. The van der Waals surface area contributed by atoms with E-state index in [9.17, 15) is 24.3 Å². The van der Waals surface area contributed by atoms with Crippen LogP contribution in [0.15, 0.2) is 91.1 Å². The van der Waals surface area contributed by atoms with Crippen LogP contribution < -0.4 is 26.0 Å². The first-order valence-electron chi connectivity index (χ1n) is 13.4. The summed E-state index contributed by atoms with van der Waals surface area (Å²) >= 11 is 0. The van der Waals surface area contributed by atoms with Gasteiger partial charge in [0.1, 0.15) is 11.6 Å². The van der Waals surface area contributed by atoms with Crippen LogP contribution in [0.4, 0.5) is 22.0 Å². The predicted octanol–water partition coefficient (Wildman–Crippen LogP) is 5.17. The summed E-state index contributed by atoms with van der Waals surface area (Å²) < 4.78 is 5.42. The lowest BCUT2D eigenvalue weighted by atomic mass is 10.0. The average Bonchev–Trinajstić information content (AvgIpc) is 2.99. The van der Waals surface area contributed by atoms with E-state index in [1.807, 2.05) is 25.1 Å². The first kappa shape index (κ1) is 30.3. The number of anilines is 3. The highest BCUT2D eigenvalue weighted by molar-refractivity contribution is 6.01. The zero-order valence-electron chi connectivity index (χ0n) is 23.6. The maximum Gasteiger partial charge on any atom is 0.323 e. The molecule has 1 unspecified atom stereocenters. The highest BCUT2D eigenvalue weighted by Gasteiger charge is 2.20. The summed E-state index contributed by atoms with van der Waals surface area (Å²) in [6, 6.07) is 22.8. The number of carbonyl (C=O) groups is 4. The number of pyridine rings is 1. The Labute approximate surface area is 248 Å². The summed E-state index contributed by atoms with van der Waals surface area (Å²) in [6.45, 7) is 1.89.